The van der Waals surface area contributed by atoms with E-state index >= 15 is 0 Å². The number of anilines is 1. The van der Waals surface area contributed by atoms with E-state index in [2.05, 4.69) is 33.4 Å². The Kier molecular flexibility index (Phi) is 6.94. The smallest absolute Gasteiger partial charge is 0.239 e. The molecule has 1 fully saturated rings. The predicted molar refractivity (Wildman–Crippen MR) is 115 cm³/mol. The van der Waals surface area contributed by atoms with E-state index in [-0.39, 0.29) is 18.6 Å². The normalized spacial score (nSPS) is 16.5. The Morgan fingerprint density at radius 2 is 2.29 bits per heavy atom. The van der Waals surface area contributed by atoms with E-state index in [9.17, 15) is 10.1 Å². The Morgan fingerprint density at radius 1 is 1.50 bits per heavy atom. The van der Waals surface area contributed by atoms with Gasteiger partial charge in [-0.05, 0) is 67.4 Å². The maximum absolute atomic E-state index is 12.7. The number of carbonyl (C=O) groups is 1. The van der Waals surface area contributed by atoms with Crippen molar-refractivity contribution in [1.82, 2.24) is 9.47 Å². The number of hydrogen-bond donors (Lipinski definition) is 1. The molecule has 0 bridgehead atoms. The maximum atomic E-state index is 12.7. The highest BCUT2D eigenvalue weighted by molar-refractivity contribution is 9.11. The lowest BCUT2D eigenvalue weighted by atomic mass is 10.2. The van der Waals surface area contributed by atoms with Crippen molar-refractivity contribution in [3.8, 4) is 6.07 Å². The fraction of sp³-hybridized carbons (Fsp3) is 0.500. The second-order valence-electron chi connectivity index (χ2n) is 7.22. The van der Waals surface area contributed by atoms with Crippen LogP contribution in [0.15, 0.2) is 15.9 Å². The standard InChI is InChI=1S/C20H25BrN4O2S/c1-13-14(2)25(10-15-5-4-8-27-15)20(17(13)9-22)23-19(26)12-24(3)11-16-6-7-18(21)28-16/h6-7,15H,4-5,8,10-12H2,1-3H3,(H,23,26)/t15-/m1/s1. The molecule has 1 saturated heterocycles. The molecule has 0 radical (unpaired) electrons. The number of likely N-dealkylation sites (N-methyl/N-ethyl adjacent to an activating group) is 1. The Bertz CT molecular complexity index is 893. The van der Waals surface area contributed by atoms with E-state index in [4.69, 9.17) is 4.74 Å². The molecule has 8 heteroatoms. The maximum Gasteiger partial charge on any atom is 0.239 e. The van der Waals surface area contributed by atoms with E-state index in [1.807, 2.05) is 36.4 Å². The van der Waals surface area contributed by atoms with Crippen LogP contribution in [-0.2, 0) is 22.6 Å². The van der Waals surface area contributed by atoms with Crippen molar-refractivity contribution in [3.63, 3.8) is 0 Å². The highest BCUT2D eigenvalue weighted by atomic mass is 79.9. The van der Waals surface area contributed by atoms with Crippen LogP contribution in [0.25, 0.3) is 0 Å². The predicted octanol–water partition coefficient (Wildman–Crippen LogP) is 4.05. The average molecular weight is 465 g/mol. The summed E-state index contributed by atoms with van der Waals surface area (Å²) in [5.74, 6) is 0.464. The first-order valence-electron chi connectivity index (χ1n) is 9.33. The van der Waals surface area contributed by atoms with Gasteiger partial charge in [-0.1, -0.05) is 0 Å². The SMILES string of the molecule is Cc1c(C#N)c(NC(=O)CN(C)Cc2ccc(Br)s2)n(C[C@H]2CCCO2)c1C. The third-order valence-corrected chi connectivity index (χ3v) is 6.69. The second kappa shape index (κ2) is 9.23. The zero-order valence-corrected chi connectivity index (χ0v) is 18.8. The number of ether oxygens (including phenoxy) is 1. The van der Waals surface area contributed by atoms with Crippen molar-refractivity contribution >= 4 is 39.0 Å². The van der Waals surface area contributed by atoms with Gasteiger partial charge in [0.1, 0.15) is 11.9 Å². The summed E-state index contributed by atoms with van der Waals surface area (Å²) in [7, 11) is 1.92. The third kappa shape index (κ3) is 4.84. The number of rotatable bonds is 7. The summed E-state index contributed by atoms with van der Waals surface area (Å²) in [5, 5.41) is 12.6. The van der Waals surface area contributed by atoms with Gasteiger partial charge in [0.05, 0.1) is 28.5 Å². The van der Waals surface area contributed by atoms with Gasteiger partial charge in [-0.2, -0.15) is 5.26 Å². The molecule has 1 amide bonds. The third-order valence-electron chi connectivity index (χ3n) is 5.08. The van der Waals surface area contributed by atoms with Crippen LogP contribution in [0.5, 0.6) is 0 Å². The first-order valence-corrected chi connectivity index (χ1v) is 10.9. The molecule has 0 aliphatic carbocycles. The van der Waals surface area contributed by atoms with Crippen LogP contribution in [0.3, 0.4) is 0 Å². The van der Waals surface area contributed by atoms with Gasteiger partial charge >= 0.3 is 0 Å². The lowest BCUT2D eigenvalue weighted by molar-refractivity contribution is -0.117. The zero-order valence-electron chi connectivity index (χ0n) is 16.4. The largest absolute Gasteiger partial charge is 0.376 e. The van der Waals surface area contributed by atoms with Crippen molar-refractivity contribution in [1.29, 1.82) is 5.26 Å². The monoisotopic (exact) mass is 464 g/mol. The van der Waals surface area contributed by atoms with Crippen molar-refractivity contribution in [3.05, 3.63) is 37.6 Å². The molecular weight excluding hydrogens is 440 g/mol. The molecule has 3 rings (SSSR count). The summed E-state index contributed by atoms with van der Waals surface area (Å²) in [4.78, 5) is 15.8. The zero-order chi connectivity index (χ0) is 20.3. The fourth-order valence-electron chi connectivity index (χ4n) is 3.53. The summed E-state index contributed by atoms with van der Waals surface area (Å²) in [6.45, 7) is 6.30. The number of nitrogens with zero attached hydrogens (tertiary/aromatic N) is 3. The highest BCUT2D eigenvalue weighted by Crippen LogP contribution is 2.28. The van der Waals surface area contributed by atoms with Crippen LogP contribution < -0.4 is 5.32 Å². The van der Waals surface area contributed by atoms with Gasteiger partial charge in [-0.15, -0.1) is 11.3 Å². The van der Waals surface area contributed by atoms with Crippen LogP contribution in [0.1, 0.15) is 34.5 Å². The molecule has 1 aliphatic heterocycles. The Morgan fingerprint density at radius 3 is 2.89 bits per heavy atom. The molecule has 0 saturated carbocycles. The molecule has 150 valence electrons. The molecule has 0 aromatic carbocycles. The van der Waals surface area contributed by atoms with Gasteiger partial charge in [-0.25, -0.2) is 0 Å². The first kappa shape index (κ1) is 21.1. The number of halogens is 1. The molecule has 0 unspecified atom stereocenters. The van der Waals surface area contributed by atoms with E-state index in [0.717, 1.165) is 34.5 Å². The van der Waals surface area contributed by atoms with E-state index < -0.39 is 0 Å². The molecule has 2 aromatic heterocycles. The summed E-state index contributed by atoms with van der Waals surface area (Å²) in [6, 6.07) is 6.32. The van der Waals surface area contributed by atoms with Gasteiger partial charge < -0.3 is 14.6 Å². The van der Waals surface area contributed by atoms with Crippen molar-refractivity contribution in [2.45, 2.75) is 45.9 Å². The van der Waals surface area contributed by atoms with Gasteiger partial charge in [0.25, 0.3) is 0 Å². The first-order chi connectivity index (χ1) is 13.4. The minimum Gasteiger partial charge on any atom is -0.376 e. The van der Waals surface area contributed by atoms with Crippen LogP contribution in [-0.4, -0.2) is 41.7 Å². The molecular formula is C20H25BrN4O2S. The Balaban J connectivity index is 1.71. The van der Waals surface area contributed by atoms with E-state index in [1.165, 1.54) is 4.88 Å². The summed E-state index contributed by atoms with van der Waals surface area (Å²) < 4.78 is 8.87. The molecule has 1 atom stereocenters. The quantitative estimate of drug-likeness (QED) is 0.670. The summed E-state index contributed by atoms with van der Waals surface area (Å²) in [5.41, 5.74) is 2.44. The number of thiophene rings is 1. The fourth-order valence-corrected chi connectivity index (χ4v) is 5.09. The topological polar surface area (TPSA) is 70.3 Å². The van der Waals surface area contributed by atoms with Gasteiger partial charge in [0.15, 0.2) is 0 Å². The lowest BCUT2D eigenvalue weighted by Crippen LogP contribution is -2.31. The number of nitrogens with one attached hydrogen (secondary N) is 1. The minimum absolute atomic E-state index is 0.124. The number of nitriles is 1. The summed E-state index contributed by atoms with van der Waals surface area (Å²) in [6.07, 6.45) is 2.19. The second-order valence-corrected chi connectivity index (χ2v) is 9.77. The van der Waals surface area contributed by atoms with Crippen LogP contribution >= 0.6 is 27.3 Å². The Labute approximate surface area is 178 Å². The molecule has 6 nitrogen and oxygen atoms in total. The van der Waals surface area contributed by atoms with Gasteiger partial charge in [0.2, 0.25) is 5.91 Å². The highest BCUT2D eigenvalue weighted by Gasteiger charge is 2.24. The number of amides is 1. The Hall–Kier alpha value is -1.66. The minimum atomic E-state index is -0.124. The van der Waals surface area contributed by atoms with Crippen molar-refractivity contribution in [2.24, 2.45) is 0 Å². The van der Waals surface area contributed by atoms with E-state index in [0.29, 0.717) is 24.5 Å². The van der Waals surface area contributed by atoms with Crippen molar-refractivity contribution < 1.29 is 9.53 Å². The summed E-state index contributed by atoms with van der Waals surface area (Å²) >= 11 is 5.12. The number of hydrogen-bond acceptors (Lipinski definition) is 5. The molecule has 2 aromatic rings. The molecule has 1 aliphatic rings. The van der Waals surface area contributed by atoms with Crippen LogP contribution in [0, 0.1) is 25.2 Å². The molecule has 0 spiro atoms. The van der Waals surface area contributed by atoms with Crippen LogP contribution in [0.4, 0.5) is 5.82 Å². The molecule has 1 N–H and O–H groups in total. The number of aromatic nitrogens is 1. The lowest BCUT2D eigenvalue weighted by Gasteiger charge is -2.19. The average Bonchev–Trinajstić information content (AvgIpc) is 3.34. The van der Waals surface area contributed by atoms with Gasteiger partial charge in [0, 0.05) is 23.7 Å². The van der Waals surface area contributed by atoms with E-state index in [1.54, 1.807) is 11.3 Å². The van der Waals surface area contributed by atoms with Crippen LogP contribution in [0.2, 0.25) is 0 Å². The van der Waals surface area contributed by atoms with Gasteiger partial charge in [-0.3, -0.25) is 9.69 Å². The molecule has 3 heterocycles. The molecule has 28 heavy (non-hydrogen) atoms. The van der Waals surface area contributed by atoms with Crippen molar-refractivity contribution in [2.75, 3.05) is 25.5 Å². The number of carbonyl (C=O) groups excluding carboxylic acids is 1.